The molecule has 0 aliphatic heterocycles. The molecule has 1 heterocycles. The zero-order valence-electron chi connectivity index (χ0n) is 17.4. The van der Waals surface area contributed by atoms with Crippen LogP contribution >= 0.6 is 22.9 Å². The summed E-state index contributed by atoms with van der Waals surface area (Å²) in [6, 6.07) is 1.94. The van der Waals surface area contributed by atoms with Crippen LogP contribution in [0.3, 0.4) is 0 Å². The molecule has 0 bridgehead atoms. The molecule has 2 rings (SSSR count). The van der Waals surface area contributed by atoms with Crippen molar-refractivity contribution in [2.45, 2.75) is 70.2 Å². The van der Waals surface area contributed by atoms with Crippen LogP contribution in [0.15, 0.2) is 30.4 Å². The molecule has 0 saturated heterocycles. The number of carbonyl (C=O) groups excluding carboxylic acids is 1. The first-order valence-corrected chi connectivity index (χ1v) is 11.8. The van der Waals surface area contributed by atoms with Crippen LogP contribution in [0.1, 0.15) is 48.3 Å². The van der Waals surface area contributed by atoms with E-state index in [1.54, 1.807) is 17.4 Å². The standard InChI is InChI=1S/C23H33ClO5S/c1-15-21(24)12-18(30-15)10-8-16(26)9-11-20-19(22(28)13-23(20)29)7-5-3-2-4-6-17(27)14-25/h3,5,9,11-12,16,19-20,22-23,25-26,28-29H,2,4,6-8,10,13-14H2,1H3/t16-,19-,20-,22+,23-/m1/s1. The number of aliphatic hydroxyl groups is 4. The van der Waals surface area contributed by atoms with Crippen molar-refractivity contribution in [1.82, 2.24) is 0 Å². The summed E-state index contributed by atoms with van der Waals surface area (Å²) >= 11 is 7.72. The van der Waals surface area contributed by atoms with Gasteiger partial charge in [-0.1, -0.05) is 35.9 Å². The normalized spacial score (nSPS) is 25.5. The number of unbranched alkanes of at least 4 members (excludes halogenated alkanes) is 1. The number of ketones is 1. The molecular weight excluding hydrogens is 424 g/mol. The van der Waals surface area contributed by atoms with Crippen LogP contribution in [0.5, 0.6) is 0 Å². The van der Waals surface area contributed by atoms with Gasteiger partial charge >= 0.3 is 0 Å². The lowest BCUT2D eigenvalue weighted by atomic mass is 9.89. The number of Topliss-reactive ketones (excluding diaryl/α,β-unsaturated/α-hetero) is 1. The summed E-state index contributed by atoms with van der Waals surface area (Å²) in [4.78, 5) is 13.3. The summed E-state index contributed by atoms with van der Waals surface area (Å²) in [5.41, 5.74) is 0. The van der Waals surface area contributed by atoms with Crippen molar-refractivity contribution in [3.63, 3.8) is 0 Å². The second-order valence-corrected chi connectivity index (χ2v) is 9.76. The van der Waals surface area contributed by atoms with Crippen LogP contribution in [0.2, 0.25) is 5.02 Å². The highest BCUT2D eigenvalue weighted by atomic mass is 35.5. The van der Waals surface area contributed by atoms with Gasteiger partial charge in [0.05, 0.1) is 23.3 Å². The number of aryl methyl sites for hydroxylation is 2. The number of hydrogen-bond donors (Lipinski definition) is 4. The molecule has 1 aliphatic carbocycles. The van der Waals surface area contributed by atoms with Crippen molar-refractivity contribution in [2.24, 2.45) is 11.8 Å². The fourth-order valence-electron chi connectivity index (χ4n) is 3.86. The van der Waals surface area contributed by atoms with E-state index in [-0.39, 0.29) is 17.6 Å². The van der Waals surface area contributed by atoms with Gasteiger partial charge < -0.3 is 20.4 Å². The lowest BCUT2D eigenvalue weighted by molar-refractivity contribution is -0.121. The first-order valence-electron chi connectivity index (χ1n) is 10.6. The molecule has 5 nitrogen and oxygen atoms in total. The molecule has 0 unspecified atom stereocenters. The Kier molecular flexibility index (Phi) is 10.7. The summed E-state index contributed by atoms with van der Waals surface area (Å²) in [6.07, 6.45) is 9.79. The highest BCUT2D eigenvalue weighted by Crippen LogP contribution is 2.36. The third kappa shape index (κ3) is 7.91. The molecule has 7 heteroatoms. The maximum absolute atomic E-state index is 11.1. The number of aliphatic hydroxyl groups excluding tert-OH is 4. The Bertz CT molecular complexity index is 710. The molecule has 1 aliphatic rings. The van der Waals surface area contributed by atoms with Crippen molar-refractivity contribution in [3.8, 4) is 0 Å². The Morgan fingerprint density at radius 3 is 2.77 bits per heavy atom. The largest absolute Gasteiger partial charge is 0.393 e. The Hall–Kier alpha value is -1.02. The predicted molar refractivity (Wildman–Crippen MR) is 121 cm³/mol. The summed E-state index contributed by atoms with van der Waals surface area (Å²) < 4.78 is 0. The van der Waals surface area contributed by atoms with Gasteiger partial charge in [0.1, 0.15) is 6.61 Å². The highest BCUT2D eigenvalue weighted by Gasteiger charge is 2.39. The summed E-state index contributed by atoms with van der Waals surface area (Å²) in [5.74, 6) is -0.454. The van der Waals surface area contributed by atoms with Crippen LogP contribution in [0, 0.1) is 18.8 Å². The van der Waals surface area contributed by atoms with Crippen LogP contribution in [0.25, 0.3) is 0 Å². The van der Waals surface area contributed by atoms with Crippen molar-refractivity contribution < 1.29 is 25.2 Å². The minimum atomic E-state index is -0.622. The number of hydrogen-bond acceptors (Lipinski definition) is 6. The molecule has 0 amide bonds. The smallest absolute Gasteiger partial charge is 0.158 e. The second-order valence-electron chi connectivity index (χ2n) is 8.02. The maximum Gasteiger partial charge on any atom is 0.158 e. The van der Waals surface area contributed by atoms with E-state index in [1.807, 2.05) is 31.2 Å². The Morgan fingerprint density at radius 1 is 1.33 bits per heavy atom. The summed E-state index contributed by atoms with van der Waals surface area (Å²) in [6.45, 7) is 1.57. The monoisotopic (exact) mass is 456 g/mol. The van der Waals surface area contributed by atoms with E-state index in [2.05, 4.69) is 0 Å². The lowest BCUT2D eigenvalue weighted by Crippen LogP contribution is -2.20. The van der Waals surface area contributed by atoms with Crippen LogP contribution in [-0.2, 0) is 11.2 Å². The highest BCUT2D eigenvalue weighted by molar-refractivity contribution is 7.12. The zero-order valence-corrected chi connectivity index (χ0v) is 19.0. The number of thiophene rings is 1. The van der Waals surface area contributed by atoms with Gasteiger partial charge in [0.2, 0.25) is 0 Å². The molecule has 168 valence electrons. The lowest BCUT2D eigenvalue weighted by Gasteiger charge is -2.19. The van der Waals surface area contributed by atoms with E-state index in [4.69, 9.17) is 16.7 Å². The molecular formula is C23H33ClO5S. The second kappa shape index (κ2) is 12.7. The molecule has 1 saturated carbocycles. The minimum Gasteiger partial charge on any atom is -0.393 e. The van der Waals surface area contributed by atoms with Gasteiger partial charge in [-0.3, -0.25) is 4.79 Å². The van der Waals surface area contributed by atoms with Crippen LogP contribution in [0.4, 0.5) is 0 Å². The van der Waals surface area contributed by atoms with Gasteiger partial charge in [-0.25, -0.2) is 0 Å². The first kappa shape index (κ1) is 25.2. The molecule has 1 aromatic heterocycles. The van der Waals surface area contributed by atoms with Gasteiger partial charge in [0.15, 0.2) is 5.78 Å². The first-order chi connectivity index (χ1) is 14.3. The molecule has 1 aromatic rings. The van der Waals surface area contributed by atoms with Crippen molar-refractivity contribution in [1.29, 1.82) is 0 Å². The van der Waals surface area contributed by atoms with Gasteiger partial charge in [-0.2, -0.15) is 0 Å². The fourth-order valence-corrected chi connectivity index (χ4v) is 5.12. The van der Waals surface area contributed by atoms with Crippen LogP contribution < -0.4 is 0 Å². The molecule has 1 fully saturated rings. The van der Waals surface area contributed by atoms with E-state index < -0.39 is 24.9 Å². The summed E-state index contributed by atoms with van der Waals surface area (Å²) in [5, 5.41) is 40.4. The van der Waals surface area contributed by atoms with Gasteiger partial charge in [-0.15, -0.1) is 11.3 Å². The molecule has 30 heavy (non-hydrogen) atoms. The molecule has 5 atom stereocenters. The predicted octanol–water partition coefficient (Wildman–Crippen LogP) is 3.60. The van der Waals surface area contributed by atoms with Crippen molar-refractivity contribution in [2.75, 3.05) is 6.61 Å². The average molecular weight is 457 g/mol. The van der Waals surface area contributed by atoms with Crippen molar-refractivity contribution >= 4 is 28.7 Å². The Morgan fingerprint density at radius 2 is 2.10 bits per heavy atom. The van der Waals surface area contributed by atoms with Crippen molar-refractivity contribution in [3.05, 3.63) is 45.1 Å². The Balaban J connectivity index is 1.81. The maximum atomic E-state index is 11.1. The fraction of sp³-hybridized carbons (Fsp3) is 0.609. The van der Waals surface area contributed by atoms with Gasteiger partial charge in [-0.05, 0) is 51.0 Å². The van der Waals surface area contributed by atoms with E-state index in [0.717, 1.165) is 27.6 Å². The van der Waals surface area contributed by atoms with E-state index >= 15 is 0 Å². The van der Waals surface area contributed by atoms with E-state index in [1.165, 1.54) is 0 Å². The molecule has 0 spiro atoms. The van der Waals surface area contributed by atoms with Crippen LogP contribution in [-0.4, -0.2) is 51.1 Å². The third-order valence-corrected chi connectivity index (χ3v) is 7.26. The Labute approximate surface area is 187 Å². The zero-order chi connectivity index (χ0) is 22.1. The number of halogens is 1. The molecule has 0 aromatic carbocycles. The van der Waals surface area contributed by atoms with Gasteiger partial charge in [0, 0.05) is 28.5 Å². The van der Waals surface area contributed by atoms with Gasteiger partial charge in [0.25, 0.3) is 0 Å². The molecule has 0 radical (unpaired) electrons. The molecule has 4 N–H and O–H groups in total. The van der Waals surface area contributed by atoms with E-state index in [0.29, 0.717) is 32.1 Å². The topological polar surface area (TPSA) is 98.0 Å². The quantitative estimate of drug-likeness (QED) is 0.284. The SMILES string of the molecule is Cc1sc(CC[C@@H](O)C=C[C@@H]2[C@@H](CC=CCCCC(=O)CO)[C@@H](O)C[C@H]2O)cc1Cl. The summed E-state index contributed by atoms with van der Waals surface area (Å²) in [7, 11) is 0. The third-order valence-electron chi connectivity index (χ3n) is 5.64. The number of allylic oxidation sites excluding steroid dienone is 2. The minimum absolute atomic E-state index is 0.0995. The number of rotatable bonds is 12. The average Bonchev–Trinajstić information content (AvgIpc) is 3.17. The van der Waals surface area contributed by atoms with E-state index in [9.17, 15) is 20.1 Å². The number of carbonyl (C=O) groups is 1.